The molecular formula is C19H18FN3O4. The van der Waals surface area contributed by atoms with Crippen LogP contribution in [0.5, 0.6) is 11.5 Å². The first kappa shape index (κ1) is 17.1. The van der Waals surface area contributed by atoms with Gasteiger partial charge in [-0.25, -0.2) is 9.18 Å². The summed E-state index contributed by atoms with van der Waals surface area (Å²) in [5, 5.41) is 5.38. The number of hydrogen-bond donors (Lipinski definition) is 2. The standard InChI is InChI=1S/C19H18FN3O4/c20-13-1-3-14(4-2-13)22-19(25)21-9-12-7-18(24)23(10-12)15-5-6-16-17(8-15)27-11-26-16/h1-6,8,12H,7,9-11H2,(H2,21,22,25)/t12-/m1/s1. The second-order valence-electron chi connectivity index (χ2n) is 6.45. The van der Waals surface area contributed by atoms with Crippen LogP contribution in [0, 0.1) is 11.7 Å². The third kappa shape index (κ3) is 3.79. The molecule has 0 saturated carbocycles. The Hall–Kier alpha value is -3.29. The number of ether oxygens (including phenoxy) is 2. The average Bonchev–Trinajstić information content (AvgIpc) is 3.27. The molecule has 0 bridgehead atoms. The summed E-state index contributed by atoms with van der Waals surface area (Å²) in [4.78, 5) is 26.0. The summed E-state index contributed by atoms with van der Waals surface area (Å²) in [7, 11) is 0. The van der Waals surface area contributed by atoms with Crippen molar-refractivity contribution in [1.29, 1.82) is 0 Å². The molecule has 0 unspecified atom stereocenters. The van der Waals surface area contributed by atoms with Crippen LogP contribution in [-0.4, -0.2) is 31.8 Å². The van der Waals surface area contributed by atoms with Gasteiger partial charge in [-0.15, -0.1) is 0 Å². The van der Waals surface area contributed by atoms with E-state index in [4.69, 9.17) is 9.47 Å². The van der Waals surface area contributed by atoms with Crippen LogP contribution in [0.2, 0.25) is 0 Å². The maximum atomic E-state index is 12.9. The topological polar surface area (TPSA) is 79.9 Å². The van der Waals surface area contributed by atoms with E-state index < -0.39 is 6.03 Å². The van der Waals surface area contributed by atoms with Crippen molar-refractivity contribution in [3.8, 4) is 11.5 Å². The van der Waals surface area contributed by atoms with Gasteiger partial charge in [-0.05, 0) is 36.4 Å². The van der Waals surface area contributed by atoms with E-state index >= 15 is 0 Å². The Morgan fingerprint density at radius 1 is 1.15 bits per heavy atom. The molecule has 2 aromatic carbocycles. The van der Waals surface area contributed by atoms with Crippen LogP contribution in [0.3, 0.4) is 0 Å². The van der Waals surface area contributed by atoms with Crippen molar-refractivity contribution in [2.75, 3.05) is 30.1 Å². The van der Waals surface area contributed by atoms with Crippen molar-refractivity contribution in [3.63, 3.8) is 0 Å². The van der Waals surface area contributed by atoms with Crippen LogP contribution in [-0.2, 0) is 4.79 Å². The first-order valence-electron chi connectivity index (χ1n) is 8.59. The number of carbonyl (C=O) groups is 2. The van der Waals surface area contributed by atoms with E-state index in [1.165, 1.54) is 24.3 Å². The maximum absolute atomic E-state index is 12.9. The molecule has 27 heavy (non-hydrogen) atoms. The van der Waals surface area contributed by atoms with Crippen LogP contribution >= 0.6 is 0 Å². The van der Waals surface area contributed by atoms with Gasteiger partial charge in [-0.2, -0.15) is 0 Å². The molecule has 0 spiro atoms. The average molecular weight is 371 g/mol. The molecule has 2 aromatic rings. The van der Waals surface area contributed by atoms with E-state index in [0.717, 1.165) is 5.69 Å². The largest absolute Gasteiger partial charge is 0.454 e. The smallest absolute Gasteiger partial charge is 0.319 e. The fourth-order valence-electron chi connectivity index (χ4n) is 3.17. The molecule has 1 saturated heterocycles. The van der Waals surface area contributed by atoms with Crippen LogP contribution in [0.25, 0.3) is 0 Å². The van der Waals surface area contributed by atoms with Crippen molar-refractivity contribution in [2.24, 2.45) is 5.92 Å². The lowest BCUT2D eigenvalue weighted by Gasteiger charge is -2.17. The fourth-order valence-corrected chi connectivity index (χ4v) is 3.17. The number of benzene rings is 2. The summed E-state index contributed by atoms with van der Waals surface area (Å²) < 4.78 is 23.5. The number of fused-ring (bicyclic) bond motifs is 1. The van der Waals surface area contributed by atoms with Gasteiger partial charge in [-0.3, -0.25) is 4.79 Å². The zero-order chi connectivity index (χ0) is 18.8. The minimum atomic E-state index is -0.393. The second kappa shape index (κ2) is 7.14. The Bertz CT molecular complexity index is 872. The molecule has 7 nitrogen and oxygen atoms in total. The van der Waals surface area contributed by atoms with Gasteiger partial charge < -0.3 is 25.0 Å². The molecule has 1 atom stereocenters. The molecule has 0 radical (unpaired) electrons. The lowest BCUT2D eigenvalue weighted by molar-refractivity contribution is -0.117. The highest BCUT2D eigenvalue weighted by Crippen LogP contribution is 2.37. The molecule has 1 fully saturated rings. The number of carbonyl (C=O) groups excluding carboxylic acids is 2. The lowest BCUT2D eigenvalue weighted by atomic mass is 10.1. The minimum absolute atomic E-state index is 0.000363. The monoisotopic (exact) mass is 371 g/mol. The summed E-state index contributed by atoms with van der Waals surface area (Å²) in [5.74, 6) is 0.928. The molecule has 140 valence electrons. The van der Waals surface area contributed by atoms with Gasteiger partial charge in [0, 0.05) is 42.9 Å². The van der Waals surface area contributed by atoms with Gasteiger partial charge in [0.25, 0.3) is 0 Å². The van der Waals surface area contributed by atoms with Crippen LogP contribution < -0.4 is 25.0 Å². The lowest BCUT2D eigenvalue weighted by Crippen LogP contribution is -2.34. The normalized spacial score (nSPS) is 17.9. The molecule has 2 aliphatic heterocycles. The summed E-state index contributed by atoms with van der Waals surface area (Å²) in [6.07, 6.45) is 0.352. The van der Waals surface area contributed by atoms with Crippen molar-refractivity contribution in [3.05, 3.63) is 48.3 Å². The van der Waals surface area contributed by atoms with Crippen molar-refractivity contribution >= 4 is 23.3 Å². The molecule has 0 aromatic heterocycles. The quantitative estimate of drug-likeness (QED) is 0.866. The predicted octanol–water partition coefficient (Wildman–Crippen LogP) is 2.73. The minimum Gasteiger partial charge on any atom is -0.454 e. The predicted molar refractivity (Wildman–Crippen MR) is 96.4 cm³/mol. The molecule has 2 N–H and O–H groups in total. The number of rotatable bonds is 4. The summed E-state index contributed by atoms with van der Waals surface area (Å²) in [6, 6.07) is 10.5. The molecule has 0 aliphatic carbocycles. The number of anilines is 2. The summed E-state index contributed by atoms with van der Waals surface area (Å²) in [5.41, 5.74) is 1.25. The van der Waals surface area contributed by atoms with Crippen LogP contribution in [0.4, 0.5) is 20.6 Å². The number of nitrogens with zero attached hydrogens (tertiary/aromatic N) is 1. The van der Waals surface area contributed by atoms with E-state index in [-0.39, 0.29) is 24.4 Å². The molecule has 3 amide bonds. The second-order valence-corrected chi connectivity index (χ2v) is 6.45. The van der Waals surface area contributed by atoms with E-state index in [9.17, 15) is 14.0 Å². The number of nitrogens with one attached hydrogen (secondary N) is 2. The van der Waals surface area contributed by atoms with Crippen LogP contribution in [0.1, 0.15) is 6.42 Å². The van der Waals surface area contributed by atoms with Crippen molar-refractivity contribution in [1.82, 2.24) is 5.32 Å². The number of amides is 3. The highest BCUT2D eigenvalue weighted by Gasteiger charge is 2.31. The van der Waals surface area contributed by atoms with Crippen LogP contribution in [0.15, 0.2) is 42.5 Å². The van der Waals surface area contributed by atoms with Gasteiger partial charge >= 0.3 is 6.03 Å². The van der Waals surface area contributed by atoms with Gasteiger partial charge in [0.05, 0.1) is 0 Å². The zero-order valence-corrected chi connectivity index (χ0v) is 14.4. The van der Waals surface area contributed by atoms with Gasteiger partial charge in [0.2, 0.25) is 12.7 Å². The first-order valence-corrected chi connectivity index (χ1v) is 8.59. The third-order valence-corrected chi connectivity index (χ3v) is 4.53. The van der Waals surface area contributed by atoms with E-state index in [0.29, 0.717) is 36.7 Å². The Kier molecular flexibility index (Phi) is 4.53. The van der Waals surface area contributed by atoms with Gasteiger partial charge in [0.1, 0.15) is 5.82 Å². The Morgan fingerprint density at radius 2 is 1.93 bits per heavy atom. The van der Waals surface area contributed by atoms with Crippen molar-refractivity contribution in [2.45, 2.75) is 6.42 Å². The highest BCUT2D eigenvalue weighted by molar-refractivity contribution is 5.96. The maximum Gasteiger partial charge on any atom is 0.319 e. The van der Waals surface area contributed by atoms with E-state index in [1.807, 2.05) is 6.07 Å². The zero-order valence-electron chi connectivity index (χ0n) is 14.4. The molecule has 4 rings (SSSR count). The highest BCUT2D eigenvalue weighted by atomic mass is 19.1. The SMILES string of the molecule is O=C(NC[C@H]1CC(=O)N(c2ccc3c(c2)OCO3)C1)Nc1ccc(F)cc1. The van der Waals surface area contributed by atoms with E-state index in [2.05, 4.69) is 10.6 Å². The molecular weight excluding hydrogens is 353 g/mol. The molecule has 8 heteroatoms. The van der Waals surface area contributed by atoms with Gasteiger partial charge in [0.15, 0.2) is 11.5 Å². The van der Waals surface area contributed by atoms with Gasteiger partial charge in [-0.1, -0.05) is 0 Å². The molecule has 2 aliphatic rings. The fraction of sp³-hybridized carbons (Fsp3) is 0.263. The Balaban J connectivity index is 1.31. The number of urea groups is 1. The summed E-state index contributed by atoms with van der Waals surface area (Å²) in [6.45, 7) is 1.05. The van der Waals surface area contributed by atoms with E-state index in [1.54, 1.807) is 17.0 Å². The molecule has 2 heterocycles. The van der Waals surface area contributed by atoms with Crippen molar-refractivity contribution < 1.29 is 23.5 Å². The first-order chi connectivity index (χ1) is 13.1. The number of halogens is 1. The number of hydrogen-bond acceptors (Lipinski definition) is 4. The third-order valence-electron chi connectivity index (χ3n) is 4.53. The Labute approximate surface area is 155 Å². The summed E-state index contributed by atoms with van der Waals surface area (Å²) >= 11 is 0. The Morgan fingerprint density at radius 3 is 2.74 bits per heavy atom.